The van der Waals surface area contributed by atoms with Crippen LogP contribution in [0.25, 0.3) is 0 Å². The monoisotopic (exact) mass is 405 g/mol. The van der Waals surface area contributed by atoms with Gasteiger partial charge in [0.05, 0.1) is 6.54 Å². The number of imidazole rings is 1. The summed E-state index contributed by atoms with van der Waals surface area (Å²) in [6.07, 6.45) is -1.36. The van der Waals surface area contributed by atoms with Gasteiger partial charge in [0.1, 0.15) is 5.75 Å². The van der Waals surface area contributed by atoms with Gasteiger partial charge in [-0.05, 0) is 25.2 Å². The second kappa shape index (κ2) is 7.16. The molecule has 3 rings (SSSR count). The molecule has 0 saturated heterocycles. The number of phenolic OH excluding ortho intramolecular Hbond substituents is 1. The highest BCUT2D eigenvalue weighted by atomic mass is 32.2. The Morgan fingerprint density at radius 2 is 2.04 bits per heavy atom. The number of carbonyl (C=O) groups excluding carboxylic acids is 1. The number of amides is 1. The number of aliphatic hydroxyl groups is 1. The Morgan fingerprint density at radius 1 is 1.32 bits per heavy atom. The van der Waals surface area contributed by atoms with Gasteiger partial charge in [0.2, 0.25) is 11.5 Å². The molecule has 0 saturated carbocycles. The van der Waals surface area contributed by atoms with Gasteiger partial charge in [-0.25, -0.2) is 13.1 Å². The highest BCUT2D eigenvalue weighted by Gasteiger charge is 2.40. The van der Waals surface area contributed by atoms with Crippen LogP contribution in [-0.2, 0) is 17.1 Å². The fourth-order valence-corrected chi connectivity index (χ4v) is 3.63. The van der Waals surface area contributed by atoms with Crippen molar-refractivity contribution in [1.29, 1.82) is 0 Å². The van der Waals surface area contributed by atoms with Crippen LogP contribution in [-0.4, -0.2) is 66.0 Å². The summed E-state index contributed by atoms with van der Waals surface area (Å²) in [5.41, 5.74) is 0.594. The molecule has 1 atom stereocenters. The van der Waals surface area contributed by atoms with E-state index in [9.17, 15) is 23.4 Å². The minimum Gasteiger partial charge on any atom is -0.508 e. The summed E-state index contributed by atoms with van der Waals surface area (Å²) in [7, 11) is 0.133. The van der Waals surface area contributed by atoms with Crippen molar-refractivity contribution >= 4 is 21.7 Å². The van der Waals surface area contributed by atoms with Crippen molar-refractivity contribution in [3.63, 3.8) is 0 Å². The van der Waals surface area contributed by atoms with E-state index in [1.165, 1.54) is 42.7 Å². The van der Waals surface area contributed by atoms with E-state index in [-0.39, 0.29) is 29.0 Å². The lowest BCUT2D eigenvalue weighted by Gasteiger charge is -2.37. The number of nitrogens with one attached hydrogen (secondary N) is 1. The van der Waals surface area contributed by atoms with Crippen LogP contribution >= 0.6 is 0 Å². The quantitative estimate of drug-likeness (QED) is 0.574. The van der Waals surface area contributed by atoms with Gasteiger partial charge >= 0.3 is 0 Å². The van der Waals surface area contributed by atoms with Crippen molar-refractivity contribution in [2.45, 2.75) is 11.5 Å². The van der Waals surface area contributed by atoms with E-state index in [1.807, 2.05) is 0 Å². The van der Waals surface area contributed by atoms with Crippen molar-refractivity contribution < 1.29 is 23.4 Å². The summed E-state index contributed by atoms with van der Waals surface area (Å²) in [6, 6.07) is 6.36. The van der Waals surface area contributed by atoms with Gasteiger partial charge in [-0.2, -0.15) is 4.98 Å². The Labute approximate surface area is 162 Å². The number of fused-ring (bicyclic) bond motifs is 1. The molecule has 1 aromatic carbocycles. The molecule has 2 aromatic rings. The lowest BCUT2D eigenvalue weighted by atomic mass is 10.2. The van der Waals surface area contributed by atoms with Crippen LogP contribution in [0.2, 0.25) is 0 Å². The molecule has 10 nitrogen and oxygen atoms in total. The largest absolute Gasteiger partial charge is 0.508 e. The number of hydrogen-bond acceptors (Lipinski definition) is 7. The third-order valence-electron chi connectivity index (χ3n) is 4.29. The first-order chi connectivity index (χ1) is 13.2. The van der Waals surface area contributed by atoms with Crippen LogP contribution < -0.4 is 9.62 Å². The SMILES string of the molecule is CNS(=O)(=O)c1nc2c(n1C)C(=O)N(C)C(O)N2CC#Cc1cccc(O)c1. The normalized spacial score (nSPS) is 16.6. The zero-order valence-corrected chi connectivity index (χ0v) is 16.2. The maximum Gasteiger partial charge on any atom is 0.277 e. The molecule has 1 aliphatic rings. The van der Waals surface area contributed by atoms with E-state index >= 15 is 0 Å². The average Bonchev–Trinajstić information content (AvgIpc) is 3.01. The average molecular weight is 405 g/mol. The molecule has 0 fully saturated rings. The molecule has 1 aromatic heterocycles. The number of phenols is 1. The van der Waals surface area contributed by atoms with Gasteiger partial charge in [0.15, 0.2) is 11.5 Å². The summed E-state index contributed by atoms with van der Waals surface area (Å²) in [5.74, 6) is 5.22. The number of hydrogen-bond donors (Lipinski definition) is 3. The maximum atomic E-state index is 12.6. The first-order valence-electron chi connectivity index (χ1n) is 8.17. The van der Waals surface area contributed by atoms with Crippen LogP contribution in [0.15, 0.2) is 29.4 Å². The summed E-state index contributed by atoms with van der Waals surface area (Å²) < 4.78 is 27.7. The van der Waals surface area contributed by atoms with Crippen molar-refractivity contribution in [2.75, 3.05) is 25.5 Å². The maximum absolute atomic E-state index is 12.6. The van der Waals surface area contributed by atoms with Crippen LogP contribution in [0, 0.1) is 11.8 Å². The Hall–Kier alpha value is -3.07. The number of sulfonamides is 1. The molecule has 0 aliphatic carbocycles. The fraction of sp³-hybridized carbons (Fsp3) is 0.294. The van der Waals surface area contributed by atoms with E-state index < -0.39 is 22.3 Å². The third kappa shape index (κ3) is 3.29. The molecule has 1 amide bonds. The van der Waals surface area contributed by atoms with Gasteiger partial charge < -0.3 is 19.7 Å². The first-order valence-corrected chi connectivity index (χ1v) is 9.65. The van der Waals surface area contributed by atoms with Gasteiger partial charge in [-0.15, -0.1) is 0 Å². The van der Waals surface area contributed by atoms with Gasteiger partial charge in [-0.1, -0.05) is 17.9 Å². The minimum atomic E-state index is -3.91. The number of aromatic nitrogens is 2. The van der Waals surface area contributed by atoms with E-state index in [4.69, 9.17) is 0 Å². The number of aromatic hydroxyl groups is 1. The zero-order chi connectivity index (χ0) is 20.6. The predicted octanol–water partition coefficient (Wildman–Crippen LogP) is -0.747. The number of carbonyl (C=O) groups is 1. The smallest absolute Gasteiger partial charge is 0.277 e. The molecule has 3 N–H and O–H groups in total. The lowest BCUT2D eigenvalue weighted by molar-refractivity contribution is 0.0139. The molecule has 1 aliphatic heterocycles. The van der Waals surface area contributed by atoms with E-state index in [1.54, 1.807) is 12.1 Å². The number of rotatable bonds is 3. The molecule has 28 heavy (non-hydrogen) atoms. The van der Waals surface area contributed by atoms with Gasteiger partial charge in [-0.3, -0.25) is 9.69 Å². The highest BCUT2D eigenvalue weighted by molar-refractivity contribution is 7.89. The Bertz CT molecular complexity index is 1100. The van der Waals surface area contributed by atoms with Crippen LogP contribution in [0.4, 0.5) is 5.82 Å². The Morgan fingerprint density at radius 3 is 2.68 bits per heavy atom. The zero-order valence-electron chi connectivity index (χ0n) is 15.4. The summed E-state index contributed by atoms with van der Waals surface area (Å²) in [4.78, 5) is 19.0. The highest BCUT2D eigenvalue weighted by Crippen LogP contribution is 2.30. The molecule has 0 bridgehead atoms. The van der Waals surface area contributed by atoms with Gasteiger partial charge in [0.25, 0.3) is 15.9 Å². The van der Waals surface area contributed by atoms with Crippen molar-refractivity contribution in [2.24, 2.45) is 7.05 Å². The lowest BCUT2D eigenvalue weighted by Crippen LogP contribution is -2.54. The number of benzene rings is 1. The van der Waals surface area contributed by atoms with E-state index in [0.29, 0.717) is 5.56 Å². The standard InChI is InChI=1S/C17H19N5O5S/c1-18-28(26,27)16-19-14-13(20(16)2)15(24)21(3)17(25)22(14)9-5-7-11-6-4-8-12(23)10-11/h4,6,8,10,17-18,23,25H,9H2,1-3H3. The van der Waals surface area contributed by atoms with Crippen LogP contribution in [0.5, 0.6) is 5.75 Å². The number of nitrogens with zero attached hydrogens (tertiary/aromatic N) is 4. The summed E-state index contributed by atoms with van der Waals surface area (Å²) in [5, 5.41) is 19.6. The first kappa shape index (κ1) is 19.7. The Kier molecular flexibility index (Phi) is 5.03. The molecule has 2 heterocycles. The summed E-state index contributed by atoms with van der Waals surface area (Å²) in [6.45, 7) is -0.0303. The molecule has 0 spiro atoms. The summed E-state index contributed by atoms with van der Waals surface area (Å²) >= 11 is 0. The number of anilines is 1. The van der Waals surface area contributed by atoms with E-state index in [2.05, 4.69) is 21.5 Å². The topological polar surface area (TPSA) is 128 Å². The molecule has 148 valence electrons. The molecular weight excluding hydrogens is 386 g/mol. The predicted molar refractivity (Wildman–Crippen MR) is 99.9 cm³/mol. The van der Waals surface area contributed by atoms with Crippen LogP contribution in [0.3, 0.4) is 0 Å². The minimum absolute atomic E-state index is 0.0251. The molecule has 1 unspecified atom stereocenters. The van der Waals surface area contributed by atoms with Crippen molar-refractivity contribution in [1.82, 2.24) is 19.2 Å². The fourth-order valence-electron chi connectivity index (χ4n) is 2.79. The Balaban J connectivity index is 2.03. The van der Waals surface area contributed by atoms with Crippen molar-refractivity contribution in [3.8, 4) is 17.6 Å². The second-order valence-corrected chi connectivity index (χ2v) is 7.86. The third-order valence-corrected chi connectivity index (χ3v) is 5.68. The molecular formula is C17H19N5O5S. The van der Waals surface area contributed by atoms with Gasteiger partial charge in [0, 0.05) is 19.7 Å². The van der Waals surface area contributed by atoms with E-state index in [0.717, 1.165) is 4.90 Å². The second-order valence-electron chi connectivity index (χ2n) is 6.08. The molecule has 11 heteroatoms. The van der Waals surface area contributed by atoms with Crippen LogP contribution in [0.1, 0.15) is 16.1 Å². The molecule has 0 radical (unpaired) electrons. The number of aliphatic hydroxyl groups excluding tert-OH is 1. The van der Waals surface area contributed by atoms with Crippen molar-refractivity contribution in [3.05, 3.63) is 35.5 Å².